The third kappa shape index (κ3) is 4.30. The molecule has 1 aliphatic carbocycles. The summed E-state index contributed by atoms with van der Waals surface area (Å²) in [4.78, 5) is 0. The van der Waals surface area contributed by atoms with Crippen molar-refractivity contribution >= 4 is 10.0 Å². The molecule has 2 atom stereocenters. The van der Waals surface area contributed by atoms with Crippen molar-refractivity contribution in [2.24, 2.45) is 5.92 Å². The van der Waals surface area contributed by atoms with Crippen molar-refractivity contribution in [2.75, 3.05) is 6.61 Å². The first-order valence-corrected chi connectivity index (χ1v) is 8.41. The summed E-state index contributed by atoms with van der Waals surface area (Å²) in [6, 6.07) is 9.04. The van der Waals surface area contributed by atoms with Crippen molar-refractivity contribution in [3.05, 3.63) is 35.9 Å². The van der Waals surface area contributed by atoms with Gasteiger partial charge >= 0.3 is 0 Å². The van der Waals surface area contributed by atoms with E-state index < -0.39 is 10.0 Å². The molecule has 0 radical (unpaired) electrons. The Balaban J connectivity index is 2.00. The van der Waals surface area contributed by atoms with E-state index in [-0.39, 0.29) is 24.3 Å². The topological polar surface area (TPSA) is 66.4 Å². The highest BCUT2D eigenvalue weighted by Gasteiger charge is 2.28. The Morgan fingerprint density at radius 3 is 2.53 bits per heavy atom. The van der Waals surface area contributed by atoms with Gasteiger partial charge in [0.05, 0.1) is 5.75 Å². The Morgan fingerprint density at radius 2 is 1.84 bits per heavy atom. The maximum absolute atomic E-state index is 12.1. The summed E-state index contributed by atoms with van der Waals surface area (Å²) in [6.07, 6.45) is 3.81. The molecule has 0 heterocycles. The molecule has 0 spiro atoms. The van der Waals surface area contributed by atoms with E-state index in [9.17, 15) is 13.5 Å². The molecule has 0 aromatic heterocycles. The largest absolute Gasteiger partial charge is 0.396 e. The van der Waals surface area contributed by atoms with E-state index in [0.717, 1.165) is 31.2 Å². The first-order chi connectivity index (χ1) is 9.11. The van der Waals surface area contributed by atoms with Crippen LogP contribution in [-0.4, -0.2) is 26.2 Å². The van der Waals surface area contributed by atoms with Crippen LogP contribution in [0.25, 0.3) is 0 Å². The van der Waals surface area contributed by atoms with Crippen molar-refractivity contribution in [1.82, 2.24) is 4.72 Å². The summed E-state index contributed by atoms with van der Waals surface area (Å²) in [5.41, 5.74) is 0.784. The third-order valence-electron chi connectivity index (χ3n) is 3.67. The summed E-state index contributed by atoms with van der Waals surface area (Å²) in [6.45, 7) is 0.0541. The number of hydrogen-bond acceptors (Lipinski definition) is 3. The summed E-state index contributed by atoms with van der Waals surface area (Å²) in [5, 5.41) is 9.31. The van der Waals surface area contributed by atoms with Gasteiger partial charge in [-0.2, -0.15) is 0 Å². The molecule has 0 saturated heterocycles. The molecule has 19 heavy (non-hydrogen) atoms. The Morgan fingerprint density at radius 1 is 1.16 bits per heavy atom. The van der Waals surface area contributed by atoms with Crippen LogP contribution in [0.1, 0.15) is 31.2 Å². The van der Waals surface area contributed by atoms with Gasteiger partial charge in [0.25, 0.3) is 0 Å². The molecule has 2 unspecified atom stereocenters. The molecule has 5 heteroatoms. The van der Waals surface area contributed by atoms with Crippen molar-refractivity contribution in [3.8, 4) is 0 Å². The Bertz CT molecular complexity index is 487. The lowest BCUT2D eigenvalue weighted by atomic mass is 9.86. The fourth-order valence-electron chi connectivity index (χ4n) is 2.65. The molecular formula is C14H21NO3S. The molecule has 106 valence electrons. The second kappa shape index (κ2) is 6.50. The minimum atomic E-state index is -3.34. The molecule has 0 amide bonds. The number of aliphatic hydroxyl groups is 1. The normalized spacial score (nSPS) is 24.3. The number of aliphatic hydroxyl groups excluding tert-OH is 1. The highest BCUT2D eigenvalue weighted by molar-refractivity contribution is 7.88. The molecular weight excluding hydrogens is 262 g/mol. The molecule has 1 aromatic rings. The smallest absolute Gasteiger partial charge is 0.216 e. The molecule has 1 aromatic carbocycles. The van der Waals surface area contributed by atoms with E-state index in [4.69, 9.17) is 0 Å². The van der Waals surface area contributed by atoms with Crippen LogP contribution in [0.5, 0.6) is 0 Å². The quantitative estimate of drug-likeness (QED) is 0.863. The minimum absolute atomic E-state index is 0.00247. The highest BCUT2D eigenvalue weighted by atomic mass is 32.2. The van der Waals surface area contributed by atoms with Crippen LogP contribution in [0.3, 0.4) is 0 Å². The maximum Gasteiger partial charge on any atom is 0.216 e. The van der Waals surface area contributed by atoms with Crippen LogP contribution < -0.4 is 4.72 Å². The predicted molar refractivity (Wildman–Crippen MR) is 75.0 cm³/mol. The van der Waals surface area contributed by atoms with Gasteiger partial charge in [-0.15, -0.1) is 0 Å². The lowest BCUT2D eigenvalue weighted by molar-refractivity contribution is 0.164. The Kier molecular flexibility index (Phi) is 4.96. The molecule has 1 fully saturated rings. The summed E-state index contributed by atoms with van der Waals surface area (Å²) < 4.78 is 27.0. The Hall–Kier alpha value is -0.910. The van der Waals surface area contributed by atoms with Crippen LogP contribution in [0.15, 0.2) is 30.3 Å². The predicted octanol–water partition coefficient (Wildman–Crippen LogP) is 1.66. The zero-order valence-electron chi connectivity index (χ0n) is 11.0. The van der Waals surface area contributed by atoms with Gasteiger partial charge in [-0.3, -0.25) is 0 Å². The average Bonchev–Trinajstić information content (AvgIpc) is 2.39. The van der Waals surface area contributed by atoms with E-state index >= 15 is 0 Å². The van der Waals surface area contributed by atoms with Gasteiger partial charge in [0.2, 0.25) is 10.0 Å². The van der Waals surface area contributed by atoms with E-state index in [1.165, 1.54) is 0 Å². The van der Waals surface area contributed by atoms with Crippen LogP contribution in [0, 0.1) is 5.92 Å². The molecule has 1 saturated carbocycles. The zero-order chi connectivity index (χ0) is 13.7. The van der Waals surface area contributed by atoms with Crippen molar-refractivity contribution in [3.63, 3.8) is 0 Å². The molecule has 2 N–H and O–H groups in total. The molecule has 1 aliphatic rings. The van der Waals surface area contributed by atoms with Gasteiger partial charge in [-0.1, -0.05) is 43.2 Å². The zero-order valence-corrected chi connectivity index (χ0v) is 11.8. The summed E-state index contributed by atoms with van der Waals surface area (Å²) >= 11 is 0. The van der Waals surface area contributed by atoms with Gasteiger partial charge in [0.1, 0.15) is 0 Å². The van der Waals surface area contributed by atoms with Gasteiger partial charge in [0.15, 0.2) is 0 Å². The van der Waals surface area contributed by atoms with Gasteiger partial charge in [-0.25, -0.2) is 13.1 Å². The van der Waals surface area contributed by atoms with E-state index in [0.29, 0.717) is 0 Å². The van der Waals surface area contributed by atoms with Gasteiger partial charge < -0.3 is 5.11 Å². The first kappa shape index (κ1) is 14.5. The SMILES string of the molecule is O=S(=O)(Cc1ccccc1)NC1CCCCC1CO. The minimum Gasteiger partial charge on any atom is -0.396 e. The maximum atomic E-state index is 12.1. The van der Waals surface area contributed by atoms with Gasteiger partial charge in [-0.05, 0) is 24.3 Å². The lowest BCUT2D eigenvalue weighted by Crippen LogP contribution is -2.43. The molecule has 2 rings (SSSR count). The van der Waals surface area contributed by atoms with E-state index in [1.54, 1.807) is 0 Å². The fourth-order valence-corrected chi connectivity index (χ4v) is 4.13. The molecule has 4 nitrogen and oxygen atoms in total. The van der Waals surface area contributed by atoms with Gasteiger partial charge in [0, 0.05) is 12.6 Å². The summed E-state index contributed by atoms with van der Waals surface area (Å²) in [7, 11) is -3.34. The fraction of sp³-hybridized carbons (Fsp3) is 0.571. The highest BCUT2D eigenvalue weighted by Crippen LogP contribution is 2.24. The van der Waals surface area contributed by atoms with Crippen LogP contribution in [-0.2, 0) is 15.8 Å². The number of hydrogen-bond donors (Lipinski definition) is 2. The molecule has 0 aliphatic heterocycles. The molecule has 0 bridgehead atoms. The van der Waals surface area contributed by atoms with Crippen LogP contribution >= 0.6 is 0 Å². The number of sulfonamides is 1. The van der Waals surface area contributed by atoms with Crippen molar-refractivity contribution in [2.45, 2.75) is 37.5 Å². The average molecular weight is 283 g/mol. The number of nitrogens with one attached hydrogen (secondary N) is 1. The van der Waals surface area contributed by atoms with E-state index in [1.807, 2.05) is 30.3 Å². The lowest BCUT2D eigenvalue weighted by Gasteiger charge is -2.30. The van der Waals surface area contributed by atoms with Crippen LogP contribution in [0.4, 0.5) is 0 Å². The van der Waals surface area contributed by atoms with Crippen molar-refractivity contribution < 1.29 is 13.5 Å². The summed E-state index contributed by atoms with van der Waals surface area (Å²) in [5.74, 6) is 0.0574. The second-order valence-corrected chi connectivity index (χ2v) is 6.95. The number of benzene rings is 1. The first-order valence-electron chi connectivity index (χ1n) is 6.75. The monoisotopic (exact) mass is 283 g/mol. The van der Waals surface area contributed by atoms with E-state index in [2.05, 4.69) is 4.72 Å². The number of rotatable bonds is 5. The standard InChI is InChI=1S/C14H21NO3S/c16-10-13-8-4-5-9-14(13)15-19(17,18)11-12-6-2-1-3-7-12/h1-3,6-7,13-16H,4-5,8-11H2. The Labute approximate surface area is 114 Å². The van der Waals surface area contributed by atoms with Crippen molar-refractivity contribution in [1.29, 1.82) is 0 Å². The second-order valence-electron chi connectivity index (χ2n) is 5.20. The van der Waals surface area contributed by atoms with Crippen LogP contribution in [0.2, 0.25) is 0 Å². The third-order valence-corrected chi connectivity index (χ3v) is 5.05.